The van der Waals surface area contributed by atoms with Gasteiger partial charge in [0.15, 0.2) is 11.4 Å². The minimum Gasteiger partial charge on any atom is -0.494 e. The van der Waals surface area contributed by atoms with Crippen LogP contribution in [0, 0.1) is 11.3 Å². The van der Waals surface area contributed by atoms with Crippen LogP contribution in [0.15, 0.2) is 42.7 Å². The van der Waals surface area contributed by atoms with Gasteiger partial charge in [-0.05, 0) is 24.3 Å². The Morgan fingerprint density at radius 1 is 1.17 bits per heavy atom. The molecular weight excluding hydrogens is 448 g/mol. The molecule has 10 heteroatoms. The number of nitriles is 1. The molecule has 0 bridgehead atoms. The van der Waals surface area contributed by atoms with Crippen LogP contribution in [-0.2, 0) is 4.74 Å². The van der Waals surface area contributed by atoms with Crippen molar-refractivity contribution in [3.05, 3.63) is 54.0 Å². The first-order valence-corrected chi connectivity index (χ1v) is 11.1. The second kappa shape index (κ2) is 10.8. The number of rotatable bonds is 7. The number of hydrogen-bond donors (Lipinski definition) is 1. The molecule has 10 nitrogen and oxygen atoms in total. The van der Waals surface area contributed by atoms with E-state index in [1.165, 1.54) is 18.2 Å². The zero-order valence-corrected chi connectivity index (χ0v) is 19.8. The molecule has 4 rings (SSSR count). The number of hydrogen-bond acceptors (Lipinski definition) is 9. The fourth-order valence-electron chi connectivity index (χ4n) is 3.60. The average Bonchev–Trinajstić information content (AvgIpc) is 2.89. The third kappa shape index (κ3) is 5.65. The van der Waals surface area contributed by atoms with Gasteiger partial charge in [0, 0.05) is 44.8 Å². The van der Waals surface area contributed by atoms with Crippen molar-refractivity contribution in [3.63, 3.8) is 0 Å². The highest BCUT2D eigenvalue weighted by molar-refractivity contribution is 5.95. The third-order valence-electron chi connectivity index (χ3n) is 5.45. The zero-order valence-electron chi connectivity index (χ0n) is 19.8. The van der Waals surface area contributed by atoms with Crippen LogP contribution in [-0.4, -0.2) is 66.3 Å². The fourth-order valence-corrected chi connectivity index (χ4v) is 3.60. The molecule has 180 valence electrons. The lowest BCUT2D eigenvalue weighted by Crippen LogP contribution is -2.26. The lowest BCUT2D eigenvalue weighted by Gasteiger charge is -2.23. The highest BCUT2D eigenvalue weighted by Crippen LogP contribution is 2.29. The molecule has 3 heterocycles. The molecule has 35 heavy (non-hydrogen) atoms. The monoisotopic (exact) mass is 474 g/mol. The van der Waals surface area contributed by atoms with Gasteiger partial charge in [-0.2, -0.15) is 5.26 Å². The molecule has 0 unspecified atom stereocenters. The summed E-state index contributed by atoms with van der Waals surface area (Å²) < 4.78 is 16.7. The van der Waals surface area contributed by atoms with Gasteiger partial charge in [-0.25, -0.2) is 15.0 Å². The number of nitrogens with one attached hydrogen (secondary N) is 1. The number of pyridine rings is 1. The summed E-state index contributed by atoms with van der Waals surface area (Å²) in [5.74, 6) is 0.966. The number of carbonyl (C=O) groups is 1. The first-order valence-electron chi connectivity index (χ1n) is 11.1. The standard InChI is InChI=1S/C25H26N6O4/c1-31(2)24(32)23-22(33-3)13-18(15-28-23)29-25-27-9-6-20(30-25)16-4-5-21(17(12-16)14-26)35-19-7-10-34-11-8-19/h4-6,9,12-13,15,19H,7-8,10-11H2,1-3H3,(H,27,29,30). The van der Waals surface area contributed by atoms with Gasteiger partial charge < -0.3 is 24.4 Å². The zero-order chi connectivity index (χ0) is 24.8. The minimum absolute atomic E-state index is 0.0431. The van der Waals surface area contributed by atoms with Crippen LogP contribution >= 0.6 is 0 Å². The maximum atomic E-state index is 12.3. The Bertz CT molecular complexity index is 1250. The fraction of sp³-hybridized carbons (Fsp3) is 0.320. The van der Waals surface area contributed by atoms with Crippen molar-refractivity contribution in [2.24, 2.45) is 0 Å². The van der Waals surface area contributed by atoms with E-state index in [4.69, 9.17) is 14.2 Å². The Hall–Kier alpha value is -4.23. The van der Waals surface area contributed by atoms with Crippen molar-refractivity contribution >= 4 is 17.5 Å². The second-order valence-corrected chi connectivity index (χ2v) is 8.12. The SMILES string of the molecule is COc1cc(Nc2nccc(-c3ccc(OC4CCOCC4)c(C#N)c3)n2)cnc1C(=O)N(C)C. The highest BCUT2D eigenvalue weighted by atomic mass is 16.5. The van der Waals surface area contributed by atoms with Gasteiger partial charge in [-0.15, -0.1) is 0 Å². The van der Waals surface area contributed by atoms with Crippen LogP contribution in [0.3, 0.4) is 0 Å². The van der Waals surface area contributed by atoms with E-state index in [0.717, 1.165) is 18.4 Å². The maximum absolute atomic E-state index is 12.3. The van der Waals surface area contributed by atoms with E-state index in [1.807, 2.05) is 6.07 Å². The molecule has 1 amide bonds. The van der Waals surface area contributed by atoms with Gasteiger partial charge in [0.05, 0.1) is 43.5 Å². The molecule has 2 aromatic heterocycles. The molecule has 1 aliphatic heterocycles. The minimum atomic E-state index is -0.260. The van der Waals surface area contributed by atoms with E-state index < -0.39 is 0 Å². The van der Waals surface area contributed by atoms with Gasteiger partial charge in [-0.3, -0.25) is 4.79 Å². The smallest absolute Gasteiger partial charge is 0.275 e. The molecule has 3 aromatic rings. The molecule has 0 radical (unpaired) electrons. The van der Waals surface area contributed by atoms with Crippen LogP contribution in [0.4, 0.5) is 11.6 Å². The molecule has 1 aliphatic rings. The highest BCUT2D eigenvalue weighted by Gasteiger charge is 2.19. The Kier molecular flexibility index (Phi) is 7.38. The first kappa shape index (κ1) is 23.9. The van der Waals surface area contributed by atoms with Crippen molar-refractivity contribution < 1.29 is 19.0 Å². The maximum Gasteiger partial charge on any atom is 0.275 e. The number of amides is 1. The van der Waals surface area contributed by atoms with Crippen LogP contribution in [0.25, 0.3) is 11.3 Å². The van der Waals surface area contributed by atoms with Crippen molar-refractivity contribution in [1.29, 1.82) is 5.26 Å². The number of methoxy groups -OCH3 is 1. The van der Waals surface area contributed by atoms with Crippen molar-refractivity contribution in [2.75, 3.05) is 39.7 Å². The van der Waals surface area contributed by atoms with E-state index in [0.29, 0.717) is 47.6 Å². The van der Waals surface area contributed by atoms with E-state index in [-0.39, 0.29) is 17.7 Å². The number of ether oxygens (including phenoxy) is 3. The van der Waals surface area contributed by atoms with Crippen molar-refractivity contribution in [2.45, 2.75) is 18.9 Å². The summed E-state index contributed by atoms with van der Waals surface area (Å²) in [4.78, 5) is 26.8. The Balaban J connectivity index is 1.54. The Labute approximate surface area is 203 Å². The molecule has 1 fully saturated rings. The predicted molar refractivity (Wildman–Crippen MR) is 129 cm³/mol. The predicted octanol–water partition coefficient (Wildman–Crippen LogP) is 3.42. The summed E-state index contributed by atoms with van der Waals surface area (Å²) >= 11 is 0. The quantitative estimate of drug-likeness (QED) is 0.549. The molecule has 1 N–H and O–H groups in total. The molecule has 0 spiro atoms. The lowest BCUT2D eigenvalue weighted by molar-refractivity contribution is 0.0254. The van der Waals surface area contributed by atoms with E-state index in [9.17, 15) is 10.1 Å². The topological polar surface area (TPSA) is 122 Å². The van der Waals surface area contributed by atoms with Gasteiger partial charge in [-0.1, -0.05) is 0 Å². The Morgan fingerprint density at radius 3 is 2.69 bits per heavy atom. The summed E-state index contributed by atoms with van der Waals surface area (Å²) in [7, 11) is 4.78. The van der Waals surface area contributed by atoms with Gasteiger partial charge >= 0.3 is 0 Å². The van der Waals surface area contributed by atoms with Crippen LogP contribution in [0.1, 0.15) is 28.9 Å². The number of anilines is 2. The van der Waals surface area contributed by atoms with E-state index in [2.05, 4.69) is 26.3 Å². The van der Waals surface area contributed by atoms with Crippen molar-refractivity contribution in [3.8, 4) is 28.8 Å². The molecule has 1 saturated heterocycles. The van der Waals surface area contributed by atoms with Gasteiger partial charge in [0.2, 0.25) is 5.95 Å². The van der Waals surface area contributed by atoms with E-state index in [1.54, 1.807) is 44.6 Å². The lowest BCUT2D eigenvalue weighted by atomic mass is 10.1. The summed E-state index contributed by atoms with van der Waals surface area (Å²) in [6.45, 7) is 1.33. The van der Waals surface area contributed by atoms with Crippen LogP contribution < -0.4 is 14.8 Å². The molecule has 0 saturated carbocycles. The summed E-state index contributed by atoms with van der Waals surface area (Å²) in [6.07, 6.45) is 4.79. The van der Waals surface area contributed by atoms with Gasteiger partial charge in [0.25, 0.3) is 5.91 Å². The molecular formula is C25H26N6O4. The number of carbonyl (C=O) groups excluding carboxylic acids is 1. The van der Waals surface area contributed by atoms with Crippen LogP contribution in [0.2, 0.25) is 0 Å². The third-order valence-corrected chi connectivity index (χ3v) is 5.45. The summed E-state index contributed by atoms with van der Waals surface area (Å²) in [5, 5.41) is 12.8. The van der Waals surface area contributed by atoms with Gasteiger partial charge in [0.1, 0.15) is 17.9 Å². The van der Waals surface area contributed by atoms with Crippen molar-refractivity contribution in [1.82, 2.24) is 19.9 Å². The Morgan fingerprint density at radius 2 is 1.97 bits per heavy atom. The average molecular weight is 475 g/mol. The first-order chi connectivity index (χ1) is 17.0. The van der Waals surface area contributed by atoms with Crippen LogP contribution in [0.5, 0.6) is 11.5 Å². The number of aromatic nitrogens is 3. The second-order valence-electron chi connectivity index (χ2n) is 8.12. The summed E-state index contributed by atoms with van der Waals surface area (Å²) in [6, 6.07) is 11.1. The largest absolute Gasteiger partial charge is 0.494 e. The number of benzene rings is 1. The normalized spacial score (nSPS) is 13.5. The van der Waals surface area contributed by atoms with E-state index >= 15 is 0 Å². The molecule has 1 aromatic carbocycles. The molecule has 0 atom stereocenters. The molecule has 0 aliphatic carbocycles. The number of nitrogens with zero attached hydrogens (tertiary/aromatic N) is 5. The summed E-state index contributed by atoms with van der Waals surface area (Å²) in [5.41, 5.74) is 2.61.